The molecule has 0 aromatic carbocycles. The van der Waals surface area contributed by atoms with Crippen molar-refractivity contribution < 1.29 is 13.9 Å². The molecule has 0 aromatic rings. The maximum Gasteiger partial charge on any atom is 0.344 e. The second kappa shape index (κ2) is 2.22. The van der Waals surface area contributed by atoms with E-state index in [0.717, 1.165) is 0 Å². The quantitative estimate of drug-likeness (QED) is 0.523. The van der Waals surface area contributed by atoms with E-state index in [0.29, 0.717) is 6.42 Å². The monoisotopic (exact) mass is 146 g/mol. The summed E-state index contributed by atoms with van der Waals surface area (Å²) in [6.07, 6.45) is 0.704. The van der Waals surface area contributed by atoms with Crippen molar-refractivity contribution in [2.24, 2.45) is 0 Å². The molecule has 3 heteroatoms. The zero-order valence-electron chi connectivity index (χ0n) is 6.19. The summed E-state index contributed by atoms with van der Waals surface area (Å²) in [5.41, 5.74) is -1.74. The summed E-state index contributed by atoms with van der Waals surface area (Å²) in [5.74, 6) is -0.709. The Bertz CT molecular complexity index is 154. The first-order valence-corrected chi connectivity index (χ1v) is 3.46. The average Bonchev–Trinajstić information content (AvgIpc) is 2.08. The SMILES string of the molecule is CCC1CC(C)(F)C(=O)O1. The van der Waals surface area contributed by atoms with Gasteiger partial charge >= 0.3 is 5.97 Å². The molecular weight excluding hydrogens is 135 g/mol. The van der Waals surface area contributed by atoms with Gasteiger partial charge < -0.3 is 4.74 Å². The van der Waals surface area contributed by atoms with Gasteiger partial charge in [0, 0.05) is 6.42 Å². The second-order valence-electron chi connectivity index (χ2n) is 2.84. The van der Waals surface area contributed by atoms with Gasteiger partial charge in [-0.1, -0.05) is 6.92 Å². The normalized spacial score (nSPS) is 39.9. The van der Waals surface area contributed by atoms with E-state index in [-0.39, 0.29) is 12.5 Å². The molecule has 2 unspecified atom stereocenters. The highest BCUT2D eigenvalue weighted by Crippen LogP contribution is 2.29. The summed E-state index contributed by atoms with van der Waals surface area (Å²) in [4.78, 5) is 10.7. The van der Waals surface area contributed by atoms with Gasteiger partial charge in [0.2, 0.25) is 5.67 Å². The van der Waals surface area contributed by atoms with E-state index < -0.39 is 11.6 Å². The largest absolute Gasteiger partial charge is 0.460 e. The highest BCUT2D eigenvalue weighted by molar-refractivity contribution is 5.81. The van der Waals surface area contributed by atoms with Crippen molar-refractivity contribution in [2.45, 2.75) is 38.5 Å². The lowest BCUT2D eigenvalue weighted by atomic mass is 10.0. The van der Waals surface area contributed by atoms with Crippen LogP contribution in [0.3, 0.4) is 0 Å². The van der Waals surface area contributed by atoms with Crippen LogP contribution in [0, 0.1) is 0 Å². The van der Waals surface area contributed by atoms with E-state index in [2.05, 4.69) is 0 Å². The summed E-state index contributed by atoms with van der Waals surface area (Å²) >= 11 is 0. The Labute approximate surface area is 59.4 Å². The highest BCUT2D eigenvalue weighted by Gasteiger charge is 2.44. The van der Waals surface area contributed by atoms with Gasteiger partial charge in [-0.05, 0) is 13.3 Å². The van der Waals surface area contributed by atoms with Crippen LogP contribution in [0.5, 0.6) is 0 Å². The van der Waals surface area contributed by atoms with E-state index in [4.69, 9.17) is 4.74 Å². The van der Waals surface area contributed by atoms with Crippen molar-refractivity contribution >= 4 is 5.97 Å². The Morgan fingerprint density at radius 2 is 2.50 bits per heavy atom. The van der Waals surface area contributed by atoms with Crippen molar-refractivity contribution in [3.8, 4) is 0 Å². The molecule has 0 bridgehead atoms. The Balaban J connectivity index is 2.62. The average molecular weight is 146 g/mol. The van der Waals surface area contributed by atoms with Crippen LogP contribution < -0.4 is 0 Å². The lowest BCUT2D eigenvalue weighted by molar-refractivity contribution is -0.149. The van der Waals surface area contributed by atoms with Crippen LogP contribution in [0.15, 0.2) is 0 Å². The number of rotatable bonds is 1. The summed E-state index contributed by atoms with van der Waals surface area (Å²) in [6.45, 7) is 3.14. The lowest BCUT2D eigenvalue weighted by Gasteiger charge is -2.04. The topological polar surface area (TPSA) is 26.3 Å². The fourth-order valence-corrected chi connectivity index (χ4v) is 1.05. The van der Waals surface area contributed by atoms with Crippen LogP contribution in [-0.4, -0.2) is 17.7 Å². The van der Waals surface area contributed by atoms with Crippen LogP contribution in [-0.2, 0) is 9.53 Å². The minimum atomic E-state index is -1.74. The molecule has 0 radical (unpaired) electrons. The van der Waals surface area contributed by atoms with E-state index >= 15 is 0 Å². The van der Waals surface area contributed by atoms with E-state index in [1.807, 2.05) is 6.92 Å². The molecule has 2 nitrogen and oxygen atoms in total. The van der Waals surface area contributed by atoms with Gasteiger partial charge in [0.15, 0.2) is 0 Å². The third kappa shape index (κ3) is 1.13. The molecule has 0 amide bonds. The number of carbonyl (C=O) groups is 1. The molecule has 2 atom stereocenters. The molecular formula is C7H11FO2. The fourth-order valence-electron chi connectivity index (χ4n) is 1.05. The zero-order valence-corrected chi connectivity index (χ0v) is 6.19. The molecule has 10 heavy (non-hydrogen) atoms. The highest BCUT2D eigenvalue weighted by atomic mass is 19.1. The van der Waals surface area contributed by atoms with Gasteiger partial charge in [0.1, 0.15) is 6.10 Å². The Morgan fingerprint density at radius 1 is 1.90 bits per heavy atom. The number of halogens is 1. The standard InChI is InChI=1S/C7H11FO2/c1-3-5-4-7(2,8)6(9)10-5/h5H,3-4H2,1-2H3. The first-order valence-electron chi connectivity index (χ1n) is 3.46. The summed E-state index contributed by atoms with van der Waals surface area (Å²) in [7, 11) is 0. The van der Waals surface area contributed by atoms with Gasteiger partial charge in [-0.3, -0.25) is 0 Å². The fraction of sp³-hybridized carbons (Fsp3) is 0.857. The minimum Gasteiger partial charge on any atom is -0.460 e. The second-order valence-corrected chi connectivity index (χ2v) is 2.84. The molecule has 1 aliphatic heterocycles. The van der Waals surface area contributed by atoms with E-state index in [9.17, 15) is 9.18 Å². The molecule has 1 fully saturated rings. The zero-order chi connectivity index (χ0) is 7.78. The van der Waals surface area contributed by atoms with Crippen molar-refractivity contribution in [1.29, 1.82) is 0 Å². The lowest BCUT2D eigenvalue weighted by Crippen LogP contribution is -2.23. The van der Waals surface area contributed by atoms with Crippen LogP contribution >= 0.6 is 0 Å². The van der Waals surface area contributed by atoms with E-state index in [1.54, 1.807) is 0 Å². The molecule has 1 rings (SSSR count). The van der Waals surface area contributed by atoms with Gasteiger partial charge in [0.05, 0.1) is 0 Å². The number of esters is 1. The summed E-state index contributed by atoms with van der Waals surface area (Å²) in [5, 5.41) is 0. The number of cyclic esters (lactones) is 1. The molecule has 1 saturated heterocycles. The number of carbonyl (C=O) groups excluding carboxylic acids is 1. The number of hydrogen-bond donors (Lipinski definition) is 0. The van der Waals surface area contributed by atoms with E-state index in [1.165, 1.54) is 6.92 Å². The predicted octanol–water partition coefficient (Wildman–Crippen LogP) is 1.44. The Hall–Kier alpha value is -0.600. The minimum absolute atomic E-state index is 0.206. The first kappa shape index (κ1) is 7.51. The maximum absolute atomic E-state index is 13.0. The molecule has 1 aliphatic rings. The van der Waals surface area contributed by atoms with Crippen molar-refractivity contribution in [3.63, 3.8) is 0 Å². The molecule has 0 aliphatic carbocycles. The molecule has 0 aromatic heterocycles. The van der Waals surface area contributed by atoms with Crippen molar-refractivity contribution in [3.05, 3.63) is 0 Å². The van der Waals surface area contributed by atoms with Crippen LogP contribution in [0.1, 0.15) is 26.7 Å². The number of hydrogen-bond acceptors (Lipinski definition) is 2. The Morgan fingerprint density at radius 3 is 2.70 bits per heavy atom. The van der Waals surface area contributed by atoms with Crippen LogP contribution in [0.2, 0.25) is 0 Å². The first-order chi connectivity index (χ1) is 4.56. The molecule has 1 heterocycles. The van der Waals surface area contributed by atoms with Gasteiger partial charge in [-0.15, -0.1) is 0 Å². The third-order valence-electron chi connectivity index (χ3n) is 1.77. The van der Waals surface area contributed by atoms with Crippen LogP contribution in [0.4, 0.5) is 4.39 Å². The van der Waals surface area contributed by atoms with Gasteiger partial charge in [-0.25, -0.2) is 9.18 Å². The van der Waals surface area contributed by atoms with Gasteiger partial charge in [-0.2, -0.15) is 0 Å². The molecule has 0 N–H and O–H groups in total. The smallest absolute Gasteiger partial charge is 0.344 e. The maximum atomic E-state index is 13.0. The van der Waals surface area contributed by atoms with Crippen LogP contribution in [0.25, 0.3) is 0 Å². The summed E-state index contributed by atoms with van der Waals surface area (Å²) in [6, 6.07) is 0. The predicted molar refractivity (Wildman–Crippen MR) is 34.3 cm³/mol. The molecule has 0 spiro atoms. The number of ether oxygens (including phenoxy) is 1. The third-order valence-corrected chi connectivity index (χ3v) is 1.77. The molecule has 0 saturated carbocycles. The van der Waals surface area contributed by atoms with Gasteiger partial charge in [0.25, 0.3) is 0 Å². The van der Waals surface area contributed by atoms with Crippen molar-refractivity contribution in [1.82, 2.24) is 0 Å². The molecule has 58 valence electrons. The van der Waals surface area contributed by atoms with Crippen molar-refractivity contribution in [2.75, 3.05) is 0 Å². The Kier molecular flexibility index (Phi) is 1.67. The number of alkyl halides is 1. The summed E-state index contributed by atoms with van der Waals surface area (Å²) < 4.78 is 17.7.